The van der Waals surface area contributed by atoms with E-state index in [1.165, 1.54) is 43.9 Å². The minimum atomic E-state index is -1.27. The highest BCUT2D eigenvalue weighted by atomic mass is 19.1. The lowest BCUT2D eigenvalue weighted by molar-refractivity contribution is -0.111. The van der Waals surface area contributed by atoms with E-state index in [0.717, 1.165) is 6.07 Å². The summed E-state index contributed by atoms with van der Waals surface area (Å²) in [4.78, 5) is 33.7. The van der Waals surface area contributed by atoms with Crippen LogP contribution >= 0.6 is 0 Å². The Morgan fingerprint density at radius 1 is 1.16 bits per heavy atom. The molecule has 0 radical (unpaired) electrons. The predicted octanol–water partition coefficient (Wildman–Crippen LogP) is 4.09. The summed E-state index contributed by atoms with van der Waals surface area (Å²) in [5, 5.41) is 18.9. The summed E-state index contributed by atoms with van der Waals surface area (Å²) in [6, 6.07) is 8.68. The first kappa shape index (κ1) is 26.0. The van der Waals surface area contributed by atoms with Gasteiger partial charge in [-0.1, -0.05) is 6.08 Å². The van der Waals surface area contributed by atoms with E-state index in [0.29, 0.717) is 39.4 Å². The van der Waals surface area contributed by atoms with E-state index in [2.05, 4.69) is 25.7 Å². The van der Waals surface area contributed by atoms with Gasteiger partial charge in [-0.05, 0) is 32.3 Å². The Labute approximate surface area is 216 Å². The van der Waals surface area contributed by atoms with E-state index >= 15 is 0 Å². The quantitative estimate of drug-likeness (QED) is 0.276. The first-order chi connectivity index (χ1) is 18.2. The van der Waals surface area contributed by atoms with Crippen LogP contribution in [0.3, 0.4) is 0 Å². The number of nitrogens with zero attached hydrogens (tertiary/aromatic N) is 5. The largest absolute Gasteiger partial charge is 0.494 e. The van der Waals surface area contributed by atoms with Gasteiger partial charge in [-0.2, -0.15) is 4.68 Å². The van der Waals surface area contributed by atoms with Crippen LogP contribution in [0, 0.1) is 5.82 Å². The Morgan fingerprint density at radius 3 is 2.66 bits per heavy atom. The van der Waals surface area contributed by atoms with Crippen LogP contribution in [-0.2, 0) is 4.79 Å². The van der Waals surface area contributed by atoms with E-state index in [-0.39, 0.29) is 23.2 Å². The fourth-order valence-corrected chi connectivity index (χ4v) is 3.37. The SMILES string of the molecule is COc1cc2ncnc(Nc3ccc(Oc4ccn(C(=O)O)n4)cc3F)c2cc1NC(=O)/C=C/CN(C)C. The molecule has 0 aliphatic carbocycles. The standard InChI is InChI=1S/C25H24FN7O5/c1-32(2)9-4-5-22(34)29-20-12-16-19(13-21(20)37-3)27-14-28-24(16)30-18-7-6-15(11-17(18)26)38-23-8-10-33(31-23)25(35)36/h4-8,10-14H,9H2,1-3H3,(H,29,34)(H,35,36)(H,27,28,30)/b5-4+. The van der Waals surface area contributed by atoms with Gasteiger partial charge in [0, 0.05) is 42.4 Å². The summed E-state index contributed by atoms with van der Waals surface area (Å²) < 4.78 is 26.4. The van der Waals surface area contributed by atoms with Crippen molar-refractivity contribution in [2.45, 2.75) is 0 Å². The number of hydrogen-bond acceptors (Lipinski definition) is 9. The average molecular weight is 522 g/mol. The Bertz CT molecular complexity index is 1520. The topological polar surface area (TPSA) is 144 Å². The van der Waals surface area contributed by atoms with Crippen molar-refractivity contribution in [2.24, 2.45) is 0 Å². The van der Waals surface area contributed by atoms with E-state index < -0.39 is 11.9 Å². The minimum absolute atomic E-state index is 0.00520. The fraction of sp³-hybridized carbons (Fsp3) is 0.160. The molecule has 0 aliphatic heterocycles. The molecule has 12 nitrogen and oxygen atoms in total. The van der Waals surface area contributed by atoms with Gasteiger partial charge >= 0.3 is 6.09 Å². The summed E-state index contributed by atoms with van der Waals surface area (Å²) in [5.41, 5.74) is 0.999. The maximum absolute atomic E-state index is 14.9. The molecular weight excluding hydrogens is 497 g/mol. The third-order valence-electron chi connectivity index (χ3n) is 5.13. The zero-order valence-electron chi connectivity index (χ0n) is 20.7. The normalized spacial score (nSPS) is 11.2. The molecule has 3 N–H and O–H groups in total. The molecule has 13 heteroatoms. The lowest BCUT2D eigenvalue weighted by atomic mass is 10.1. The van der Waals surface area contributed by atoms with Gasteiger partial charge in [0.2, 0.25) is 11.8 Å². The number of likely N-dealkylation sites (N-methyl/N-ethyl adjacent to an activating group) is 1. The van der Waals surface area contributed by atoms with Crippen molar-refractivity contribution < 1.29 is 28.6 Å². The summed E-state index contributed by atoms with van der Waals surface area (Å²) in [6.45, 7) is 0.602. The number of ether oxygens (including phenoxy) is 2. The van der Waals surface area contributed by atoms with Crippen LogP contribution in [-0.4, -0.2) is 69.5 Å². The molecule has 0 atom stereocenters. The Kier molecular flexibility index (Phi) is 7.77. The number of nitrogens with one attached hydrogen (secondary N) is 2. The van der Waals surface area contributed by atoms with Crippen LogP contribution in [0.2, 0.25) is 0 Å². The molecule has 2 heterocycles. The minimum Gasteiger partial charge on any atom is -0.494 e. The monoisotopic (exact) mass is 521 g/mol. The molecule has 1 amide bonds. The molecule has 0 fully saturated rings. The van der Waals surface area contributed by atoms with Crippen molar-refractivity contribution in [1.82, 2.24) is 24.6 Å². The molecule has 0 saturated heterocycles. The number of benzene rings is 2. The zero-order chi connectivity index (χ0) is 27.2. The molecule has 38 heavy (non-hydrogen) atoms. The molecule has 0 unspecified atom stereocenters. The second kappa shape index (κ2) is 11.3. The number of aromatic nitrogens is 4. The number of fused-ring (bicyclic) bond motifs is 1. The molecule has 4 rings (SSSR count). The van der Waals surface area contributed by atoms with Crippen molar-refractivity contribution in [3.05, 3.63) is 66.9 Å². The van der Waals surface area contributed by atoms with E-state index in [1.807, 2.05) is 19.0 Å². The first-order valence-electron chi connectivity index (χ1n) is 11.2. The van der Waals surface area contributed by atoms with Gasteiger partial charge < -0.3 is 30.1 Å². The second-order valence-corrected chi connectivity index (χ2v) is 8.20. The van der Waals surface area contributed by atoms with Crippen LogP contribution in [0.5, 0.6) is 17.4 Å². The fourth-order valence-electron chi connectivity index (χ4n) is 3.37. The van der Waals surface area contributed by atoms with E-state index in [1.54, 1.807) is 18.2 Å². The number of anilines is 3. The third kappa shape index (κ3) is 6.20. The molecular formula is C25H24FN7O5. The second-order valence-electron chi connectivity index (χ2n) is 8.20. The number of hydrogen-bond donors (Lipinski definition) is 3. The van der Waals surface area contributed by atoms with Crippen LogP contribution in [0.4, 0.5) is 26.4 Å². The van der Waals surface area contributed by atoms with Gasteiger partial charge in [-0.25, -0.2) is 19.2 Å². The van der Waals surface area contributed by atoms with Crippen molar-refractivity contribution in [3.63, 3.8) is 0 Å². The summed E-state index contributed by atoms with van der Waals surface area (Å²) in [5.74, 6) is -0.188. The molecule has 2 aromatic heterocycles. The predicted molar refractivity (Wildman–Crippen MR) is 138 cm³/mol. The number of carbonyl (C=O) groups excluding carboxylic acids is 1. The van der Waals surface area contributed by atoms with Crippen molar-refractivity contribution in [3.8, 4) is 17.4 Å². The smallest absolute Gasteiger partial charge is 0.432 e. The molecule has 0 aliphatic rings. The molecule has 0 spiro atoms. The van der Waals surface area contributed by atoms with Crippen LogP contribution in [0.1, 0.15) is 0 Å². The maximum Gasteiger partial charge on any atom is 0.432 e. The number of rotatable bonds is 9. The van der Waals surface area contributed by atoms with Gasteiger partial charge in [0.15, 0.2) is 0 Å². The molecule has 2 aromatic carbocycles. The van der Waals surface area contributed by atoms with Crippen molar-refractivity contribution in [2.75, 3.05) is 38.4 Å². The molecule has 4 aromatic rings. The summed E-state index contributed by atoms with van der Waals surface area (Å²) >= 11 is 0. The van der Waals surface area contributed by atoms with Crippen LogP contribution < -0.4 is 20.1 Å². The average Bonchev–Trinajstić information content (AvgIpc) is 3.34. The van der Waals surface area contributed by atoms with Gasteiger partial charge in [0.1, 0.15) is 29.5 Å². The first-order valence-corrected chi connectivity index (χ1v) is 11.2. The summed E-state index contributed by atoms with van der Waals surface area (Å²) in [6.07, 6.45) is 4.41. The lowest BCUT2D eigenvalue weighted by Gasteiger charge is -2.14. The Balaban J connectivity index is 1.57. The number of carbonyl (C=O) groups is 2. The van der Waals surface area contributed by atoms with Gasteiger partial charge in [0.05, 0.1) is 24.0 Å². The van der Waals surface area contributed by atoms with Crippen LogP contribution in [0.15, 0.2) is 61.1 Å². The summed E-state index contributed by atoms with van der Waals surface area (Å²) in [7, 11) is 5.26. The molecule has 0 saturated carbocycles. The van der Waals surface area contributed by atoms with E-state index in [9.17, 15) is 14.0 Å². The Hall–Kier alpha value is -5.04. The highest BCUT2D eigenvalue weighted by molar-refractivity contribution is 6.03. The zero-order valence-corrected chi connectivity index (χ0v) is 20.7. The molecule has 0 bridgehead atoms. The van der Waals surface area contributed by atoms with Crippen LogP contribution in [0.25, 0.3) is 10.9 Å². The maximum atomic E-state index is 14.9. The molecule has 196 valence electrons. The Morgan fingerprint density at radius 2 is 1.97 bits per heavy atom. The van der Waals surface area contributed by atoms with Gasteiger partial charge in [0.25, 0.3) is 0 Å². The number of methoxy groups -OCH3 is 1. The highest BCUT2D eigenvalue weighted by Crippen LogP contribution is 2.34. The van der Waals surface area contributed by atoms with Crippen molar-refractivity contribution >= 4 is 40.1 Å². The van der Waals surface area contributed by atoms with E-state index in [4.69, 9.17) is 14.6 Å². The van der Waals surface area contributed by atoms with Gasteiger partial charge in [-0.15, -0.1) is 5.10 Å². The number of amides is 1. The lowest BCUT2D eigenvalue weighted by Crippen LogP contribution is -2.13. The third-order valence-corrected chi connectivity index (χ3v) is 5.13. The number of carboxylic acid groups (broad SMARTS) is 1. The highest BCUT2D eigenvalue weighted by Gasteiger charge is 2.14. The number of halogens is 1. The van der Waals surface area contributed by atoms with Crippen molar-refractivity contribution in [1.29, 1.82) is 0 Å². The van der Waals surface area contributed by atoms with Gasteiger partial charge in [-0.3, -0.25) is 4.79 Å².